The van der Waals surface area contributed by atoms with Crippen molar-refractivity contribution < 1.29 is 4.39 Å². The molecular formula is C16H15BrClF. The average Bonchev–Trinajstić information content (AvgIpc) is 2.43. The SMILES string of the molecule is Fc1ccc(CC(CBr)Cc2ccccc2)cc1Cl. The van der Waals surface area contributed by atoms with E-state index in [1.165, 1.54) is 11.6 Å². The molecule has 0 aliphatic heterocycles. The van der Waals surface area contributed by atoms with Gasteiger partial charge >= 0.3 is 0 Å². The minimum absolute atomic E-state index is 0.200. The van der Waals surface area contributed by atoms with Crippen molar-refractivity contribution >= 4 is 27.5 Å². The van der Waals surface area contributed by atoms with E-state index in [0.717, 1.165) is 23.7 Å². The molecule has 0 aromatic heterocycles. The van der Waals surface area contributed by atoms with Crippen molar-refractivity contribution in [3.63, 3.8) is 0 Å². The van der Waals surface area contributed by atoms with E-state index in [1.54, 1.807) is 6.07 Å². The summed E-state index contributed by atoms with van der Waals surface area (Å²) in [6.07, 6.45) is 1.89. The van der Waals surface area contributed by atoms with Gasteiger partial charge in [0, 0.05) is 5.33 Å². The van der Waals surface area contributed by atoms with E-state index in [2.05, 4.69) is 40.2 Å². The molecular weight excluding hydrogens is 327 g/mol. The van der Waals surface area contributed by atoms with Gasteiger partial charge in [-0.2, -0.15) is 0 Å². The van der Waals surface area contributed by atoms with Crippen LogP contribution in [0.4, 0.5) is 4.39 Å². The van der Waals surface area contributed by atoms with Crippen LogP contribution in [0.15, 0.2) is 48.5 Å². The second-order valence-electron chi connectivity index (χ2n) is 4.66. The molecule has 1 unspecified atom stereocenters. The Kier molecular flexibility index (Phi) is 5.41. The zero-order valence-corrected chi connectivity index (χ0v) is 12.8. The Labute approximate surface area is 126 Å². The van der Waals surface area contributed by atoms with Gasteiger partial charge in [-0.1, -0.05) is 63.9 Å². The molecule has 0 bridgehead atoms. The van der Waals surface area contributed by atoms with Gasteiger partial charge in [-0.3, -0.25) is 0 Å². The van der Waals surface area contributed by atoms with Gasteiger partial charge in [-0.25, -0.2) is 4.39 Å². The molecule has 2 aromatic carbocycles. The zero-order chi connectivity index (χ0) is 13.7. The minimum Gasteiger partial charge on any atom is -0.205 e. The average molecular weight is 342 g/mol. The van der Waals surface area contributed by atoms with Crippen LogP contribution in [-0.2, 0) is 12.8 Å². The van der Waals surface area contributed by atoms with E-state index in [1.807, 2.05) is 12.1 Å². The molecule has 0 spiro atoms. The summed E-state index contributed by atoms with van der Waals surface area (Å²) in [6.45, 7) is 0. The van der Waals surface area contributed by atoms with E-state index in [0.29, 0.717) is 5.92 Å². The lowest BCUT2D eigenvalue weighted by Gasteiger charge is -2.14. The highest BCUT2D eigenvalue weighted by Crippen LogP contribution is 2.21. The van der Waals surface area contributed by atoms with Crippen LogP contribution in [0.5, 0.6) is 0 Å². The Hall–Kier alpha value is -0.860. The highest BCUT2D eigenvalue weighted by molar-refractivity contribution is 9.09. The summed E-state index contributed by atoms with van der Waals surface area (Å²) < 4.78 is 13.1. The second-order valence-corrected chi connectivity index (χ2v) is 5.72. The number of hydrogen-bond donors (Lipinski definition) is 0. The summed E-state index contributed by atoms with van der Waals surface area (Å²) in [5.74, 6) is 0.118. The molecule has 2 aromatic rings. The normalized spacial score (nSPS) is 12.4. The minimum atomic E-state index is -0.358. The lowest BCUT2D eigenvalue weighted by molar-refractivity contribution is 0.588. The standard InChI is InChI=1S/C16H15BrClF/c17-11-14(8-12-4-2-1-3-5-12)9-13-6-7-16(19)15(18)10-13/h1-7,10,14H,8-9,11H2. The molecule has 100 valence electrons. The number of benzene rings is 2. The summed E-state index contributed by atoms with van der Waals surface area (Å²) in [6, 6.07) is 15.3. The number of alkyl halides is 1. The summed E-state index contributed by atoms with van der Waals surface area (Å²) >= 11 is 9.37. The van der Waals surface area contributed by atoms with E-state index in [4.69, 9.17) is 11.6 Å². The number of hydrogen-bond acceptors (Lipinski definition) is 0. The molecule has 0 fully saturated rings. The molecule has 0 heterocycles. The Morgan fingerprint density at radius 2 is 1.68 bits per heavy atom. The fourth-order valence-corrected chi connectivity index (χ4v) is 2.79. The smallest absolute Gasteiger partial charge is 0.141 e. The fourth-order valence-electron chi connectivity index (χ4n) is 2.13. The third-order valence-electron chi connectivity index (χ3n) is 3.09. The molecule has 3 heteroatoms. The highest BCUT2D eigenvalue weighted by atomic mass is 79.9. The lowest BCUT2D eigenvalue weighted by atomic mass is 9.94. The molecule has 1 atom stereocenters. The van der Waals surface area contributed by atoms with Crippen LogP contribution in [0.3, 0.4) is 0 Å². The largest absolute Gasteiger partial charge is 0.205 e. The van der Waals surface area contributed by atoms with Gasteiger partial charge in [0.2, 0.25) is 0 Å². The summed E-state index contributed by atoms with van der Waals surface area (Å²) in [5, 5.41) is 1.11. The highest BCUT2D eigenvalue weighted by Gasteiger charge is 2.10. The van der Waals surface area contributed by atoms with Gasteiger partial charge in [0.05, 0.1) is 5.02 Å². The lowest BCUT2D eigenvalue weighted by Crippen LogP contribution is -2.10. The first-order chi connectivity index (χ1) is 9.19. The zero-order valence-electron chi connectivity index (χ0n) is 10.5. The molecule has 0 aliphatic carbocycles. The van der Waals surface area contributed by atoms with Crippen LogP contribution in [0.2, 0.25) is 5.02 Å². The second kappa shape index (κ2) is 7.06. The van der Waals surface area contributed by atoms with Crippen LogP contribution in [-0.4, -0.2) is 5.33 Å². The van der Waals surface area contributed by atoms with Crippen molar-refractivity contribution in [2.24, 2.45) is 5.92 Å². The molecule has 0 nitrogen and oxygen atoms in total. The van der Waals surface area contributed by atoms with Gasteiger partial charge < -0.3 is 0 Å². The van der Waals surface area contributed by atoms with E-state index >= 15 is 0 Å². The Bertz CT molecular complexity index is 528. The van der Waals surface area contributed by atoms with Crippen LogP contribution < -0.4 is 0 Å². The van der Waals surface area contributed by atoms with Gasteiger partial charge in [0.25, 0.3) is 0 Å². The van der Waals surface area contributed by atoms with Crippen LogP contribution in [0.25, 0.3) is 0 Å². The first-order valence-corrected chi connectivity index (χ1v) is 7.73. The van der Waals surface area contributed by atoms with Crippen molar-refractivity contribution in [2.45, 2.75) is 12.8 Å². The van der Waals surface area contributed by atoms with Gasteiger partial charge in [0.1, 0.15) is 5.82 Å². The van der Waals surface area contributed by atoms with E-state index in [-0.39, 0.29) is 10.8 Å². The predicted molar refractivity (Wildman–Crippen MR) is 82.5 cm³/mol. The monoisotopic (exact) mass is 340 g/mol. The van der Waals surface area contributed by atoms with Gasteiger partial charge in [-0.05, 0) is 42.0 Å². The molecule has 0 amide bonds. The van der Waals surface area contributed by atoms with Crippen molar-refractivity contribution in [3.8, 4) is 0 Å². The Balaban J connectivity index is 2.04. The number of rotatable bonds is 5. The maximum atomic E-state index is 13.1. The third kappa shape index (κ3) is 4.32. The predicted octanol–water partition coefficient (Wildman–Crippen LogP) is 5.28. The molecule has 0 radical (unpaired) electrons. The summed E-state index contributed by atoms with van der Waals surface area (Å²) in [4.78, 5) is 0. The van der Waals surface area contributed by atoms with Crippen molar-refractivity contribution in [3.05, 3.63) is 70.5 Å². The van der Waals surface area contributed by atoms with E-state index < -0.39 is 0 Å². The molecule has 0 N–H and O–H groups in total. The first kappa shape index (κ1) is 14.5. The molecule has 0 aliphatic rings. The summed E-state index contributed by atoms with van der Waals surface area (Å²) in [5.41, 5.74) is 2.40. The molecule has 19 heavy (non-hydrogen) atoms. The van der Waals surface area contributed by atoms with Crippen LogP contribution in [0.1, 0.15) is 11.1 Å². The van der Waals surface area contributed by atoms with Crippen molar-refractivity contribution in [2.75, 3.05) is 5.33 Å². The van der Waals surface area contributed by atoms with Crippen molar-refractivity contribution in [1.29, 1.82) is 0 Å². The maximum absolute atomic E-state index is 13.1. The molecule has 0 saturated carbocycles. The van der Waals surface area contributed by atoms with Crippen LogP contribution in [0, 0.1) is 11.7 Å². The Morgan fingerprint density at radius 1 is 1.00 bits per heavy atom. The quantitative estimate of drug-likeness (QED) is 0.649. The topological polar surface area (TPSA) is 0 Å². The van der Waals surface area contributed by atoms with Gasteiger partial charge in [0.15, 0.2) is 0 Å². The molecule has 2 rings (SSSR count). The fraction of sp³-hybridized carbons (Fsp3) is 0.250. The first-order valence-electron chi connectivity index (χ1n) is 6.23. The number of halogens is 3. The molecule has 0 saturated heterocycles. The van der Waals surface area contributed by atoms with Crippen molar-refractivity contribution in [1.82, 2.24) is 0 Å². The Morgan fingerprint density at radius 3 is 2.32 bits per heavy atom. The maximum Gasteiger partial charge on any atom is 0.141 e. The summed E-state index contributed by atoms with van der Waals surface area (Å²) in [7, 11) is 0. The third-order valence-corrected chi connectivity index (χ3v) is 4.30. The van der Waals surface area contributed by atoms with Crippen LogP contribution >= 0.6 is 27.5 Å². The van der Waals surface area contributed by atoms with E-state index in [9.17, 15) is 4.39 Å². The van der Waals surface area contributed by atoms with Gasteiger partial charge in [-0.15, -0.1) is 0 Å².